The van der Waals surface area contributed by atoms with Gasteiger partial charge in [0.1, 0.15) is 0 Å². The van der Waals surface area contributed by atoms with Crippen molar-refractivity contribution in [2.45, 2.75) is 4.30 Å². The third-order valence-corrected chi connectivity index (χ3v) is 0.632. The van der Waals surface area contributed by atoms with Crippen molar-refractivity contribution in [1.82, 2.24) is 0 Å². The van der Waals surface area contributed by atoms with Crippen molar-refractivity contribution in [3.05, 3.63) is 0 Å². The topological polar surface area (TPSA) is 63.6 Å². The number of alkyl halides is 3. The van der Waals surface area contributed by atoms with Gasteiger partial charge in [0.2, 0.25) is 0 Å². The molecule has 0 fully saturated rings. The van der Waals surface area contributed by atoms with Crippen LogP contribution in [0.5, 0.6) is 0 Å². The second kappa shape index (κ2) is 6.45. The van der Waals surface area contributed by atoms with Crippen LogP contribution in [0.4, 0.5) is 0 Å². The van der Waals surface area contributed by atoms with Crippen LogP contribution in [0.3, 0.4) is 0 Å². The molecule has 1 N–H and O–H groups in total. The predicted octanol–water partition coefficient (Wildman–Crippen LogP) is 1.42. The summed E-state index contributed by atoms with van der Waals surface area (Å²) in [7, 11) is -3.29. The lowest BCUT2D eigenvalue weighted by Gasteiger charge is -1.82. The molecule has 0 saturated carbocycles. The molecule has 0 radical (unpaired) electrons. The maximum atomic E-state index is 9.33. The fourth-order valence-corrected chi connectivity index (χ4v) is 0. The Morgan fingerprint density at radius 2 is 1.50 bits per heavy atom. The van der Waals surface area contributed by atoms with E-state index >= 15 is 0 Å². The first-order chi connectivity index (χ1) is 4.29. The zero-order chi connectivity index (χ0) is 8.78. The fourth-order valence-electron chi connectivity index (χ4n) is 0. The molecule has 8 heteroatoms. The van der Waals surface area contributed by atoms with Crippen LogP contribution in [-0.2, 0) is 14.6 Å². The lowest BCUT2D eigenvalue weighted by molar-refractivity contribution is 0.324. The first kappa shape index (κ1) is 13.3. The van der Waals surface area contributed by atoms with Gasteiger partial charge in [0.05, 0.1) is 7.11 Å². The maximum absolute atomic E-state index is 9.33. The standard InChI is InChI=1S/CHCl3.CH4O4S/c2-1(3)4;1-5-6(2,3)4/h1H;1H3,(H,2,3,4). The number of hydrogen-bond donors (Lipinski definition) is 1. The van der Waals surface area contributed by atoms with Crippen LogP contribution < -0.4 is 0 Å². The van der Waals surface area contributed by atoms with E-state index in [9.17, 15) is 8.42 Å². The van der Waals surface area contributed by atoms with Gasteiger partial charge in [-0.05, 0) is 0 Å². The first-order valence-electron chi connectivity index (χ1n) is 1.75. The highest BCUT2D eigenvalue weighted by atomic mass is 35.6. The van der Waals surface area contributed by atoms with E-state index in [1.807, 2.05) is 0 Å². The van der Waals surface area contributed by atoms with Crippen molar-refractivity contribution in [3.63, 3.8) is 0 Å². The van der Waals surface area contributed by atoms with Crippen LogP contribution in [0, 0.1) is 0 Å². The highest BCUT2D eigenvalue weighted by Gasteiger charge is 1.94. The van der Waals surface area contributed by atoms with Gasteiger partial charge in [0.15, 0.2) is 4.30 Å². The summed E-state index contributed by atoms with van der Waals surface area (Å²) in [5.41, 5.74) is 0. The van der Waals surface area contributed by atoms with Crippen molar-refractivity contribution in [2.24, 2.45) is 0 Å². The van der Waals surface area contributed by atoms with Gasteiger partial charge in [0.25, 0.3) is 0 Å². The summed E-state index contributed by atoms with van der Waals surface area (Å²) < 4.78 is 29.0. The Balaban J connectivity index is 0. The van der Waals surface area contributed by atoms with E-state index in [1.54, 1.807) is 0 Å². The second-order valence-corrected chi connectivity index (χ2v) is 4.01. The number of hydrogen-bond acceptors (Lipinski definition) is 3. The van der Waals surface area contributed by atoms with E-state index in [0.717, 1.165) is 7.11 Å². The minimum atomic E-state index is -4.16. The minimum absolute atomic E-state index is 0.750. The van der Waals surface area contributed by atoms with Crippen LogP contribution >= 0.6 is 34.8 Å². The molecule has 0 bridgehead atoms. The Morgan fingerprint density at radius 3 is 1.50 bits per heavy atom. The average Bonchev–Trinajstić information content (AvgIpc) is 1.63. The molecule has 0 aliphatic heterocycles. The van der Waals surface area contributed by atoms with Crippen LogP contribution in [0.1, 0.15) is 0 Å². The van der Waals surface area contributed by atoms with Crippen LogP contribution in [0.15, 0.2) is 0 Å². The number of halogens is 3. The molecule has 0 rings (SSSR count). The Labute approximate surface area is 74.0 Å². The zero-order valence-corrected chi connectivity index (χ0v) is 7.88. The average molecular weight is 231 g/mol. The summed E-state index contributed by atoms with van der Waals surface area (Å²) in [6, 6.07) is 0. The summed E-state index contributed by atoms with van der Waals surface area (Å²) >= 11 is 14.4. The molecular weight excluding hydrogens is 226 g/mol. The summed E-state index contributed by atoms with van der Waals surface area (Å²) in [5, 5.41) is 0. The molecule has 10 heavy (non-hydrogen) atoms. The molecule has 0 amide bonds. The monoisotopic (exact) mass is 230 g/mol. The summed E-state index contributed by atoms with van der Waals surface area (Å²) in [6.45, 7) is 0. The van der Waals surface area contributed by atoms with Crippen molar-refractivity contribution in [1.29, 1.82) is 0 Å². The molecule has 0 saturated heterocycles. The van der Waals surface area contributed by atoms with Crippen molar-refractivity contribution in [3.8, 4) is 0 Å². The molecule has 0 atom stereocenters. The van der Waals surface area contributed by atoms with Gasteiger partial charge in [0, 0.05) is 0 Å². The van der Waals surface area contributed by atoms with Crippen LogP contribution in [0.25, 0.3) is 0 Å². The molecule has 0 aromatic heterocycles. The largest absolute Gasteiger partial charge is 0.397 e. The van der Waals surface area contributed by atoms with E-state index in [-0.39, 0.29) is 0 Å². The predicted molar refractivity (Wildman–Crippen MR) is 39.9 cm³/mol. The smallest absolute Gasteiger partial charge is 0.264 e. The Hall–Kier alpha value is 0.740. The lowest BCUT2D eigenvalue weighted by atomic mass is 11.8. The van der Waals surface area contributed by atoms with Crippen LogP contribution in [-0.4, -0.2) is 24.4 Å². The van der Waals surface area contributed by atoms with E-state index < -0.39 is 14.7 Å². The molecule has 64 valence electrons. The summed E-state index contributed by atoms with van der Waals surface area (Å²) in [5.74, 6) is 0. The SMILES string of the molecule is COS(=O)(=O)O.ClC(Cl)Cl. The first-order valence-corrected chi connectivity index (χ1v) is 4.42. The molecule has 0 aliphatic carbocycles. The lowest BCUT2D eigenvalue weighted by Crippen LogP contribution is -1.96. The highest BCUT2D eigenvalue weighted by molar-refractivity contribution is 7.80. The fraction of sp³-hybridized carbons (Fsp3) is 1.00. The second-order valence-electron chi connectivity index (χ2n) is 0.842. The number of rotatable bonds is 1. The summed E-state index contributed by atoms with van der Waals surface area (Å²) in [6.07, 6.45) is 0. The quantitative estimate of drug-likeness (QED) is 0.548. The van der Waals surface area contributed by atoms with Gasteiger partial charge in [-0.2, -0.15) is 8.42 Å². The maximum Gasteiger partial charge on any atom is 0.397 e. The van der Waals surface area contributed by atoms with E-state index in [2.05, 4.69) is 4.18 Å². The Bertz CT molecular complexity index is 149. The third kappa shape index (κ3) is 37.4. The minimum Gasteiger partial charge on any atom is -0.264 e. The zero-order valence-electron chi connectivity index (χ0n) is 4.79. The van der Waals surface area contributed by atoms with Gasteiger partial charge in [-0.3, -0.25) is 8.74 Å². The molecule has 0 aliphatic rings. The van der Waals surface area contributed by atoms with E-state index in [0.29, 0.717) is 0 Å². The molecule has 0 heterocycles. The normalized spacial score (nSPS) is 10.6. The van der Waals surface area contributed by atoms with Gasteiger partial charge >= 0.3 is 10.4 Å². The molecule has 0 aromatic carbocycles. The van der Waals surface area contributed by atoms with Crippen molar-refractivity contribution in [2.75, 3.05) is 7.11 Å². The highest BCUT2D eigenvalue weighted by Crippen LogP contribution is 2.03. The summed E-state index contributed by atoms with van der Waals surface area (Å²) in [4.78, 5) is 0. The third-order valence-electron chi connectivity index (χ3n) is 0.211. The van der Waals surface area contributed by atoms with Crippen LogP contribution in [0.2, 0.25) is 0 Å². The van der Waals surface area contributed by atoms with Gasteiger partial charge in [-0.1, -0.05) is 34.8 Å². The molecule has 0 aromatic rings. The van der Waals surface area contributed by atoms with Crippen molar-refractivity contribution >= 4 is 45.2 Å². The molecule has 0 unspecified atom stereocenters. The molecular formula is C2H5Cl3O4S. The van der Waals surface area contributed by atoms with E-state index in [1.165, 1.54) is 0 Å². The van der Waals surface area contributed by atoms with Gasteiger partial charge in [-0.15, -0.1) is 0 Å². The van der Waals surface area contributed by atoms with Gasteiger partial charge in [-0.25, -0.2) is 0 Å². The molecule has 0 spiro atoms. The molecule has 4 nitrogen and oxygen atoms in total. The van der Waals surface area contributed by atoms with E-state index in [4.69, 9.17) is 39.4 Å². The van der Waals surface area contributed by atoms with Gasteiger partial charge < -0.3 is 0 Å². The Kier molecular flexibility index (Phi) is 8.60. The van der Waals surface area contributed by atoms with Crippen molar-refractivity contribution < 1.29 is 17.2 Å². The Morgan fingerprint density at radius 1 is 1.40 bits per heavy atom.